The lowest BCUT2D eigenvalue weighted by Crippen LogP contribution is -2.05. The highest BCUT2D eigenvalue weighted by Crippen LogP contribution is 2.38. The maximum absolute atomic E-state index is 12.9. The molecule has 0 atom stereocenters. The lowest BCUT2D eigenvalue weighted by Gasteiger charge is -2.10. The molecule has 2 rings (SSSR count). The number of hydrogen-bond donors (Lipinski definition) is 2. The van der Waals surface area contributed by atoms with E-state index in [0.29, 0.717) is 0 Å². The fourth-order valence-corrected chi connectivity index (χ4v) is 1.96. The van der Waals surface area contributed by atoms with Crippen LogP contribution in [0.15, 0.2) is 18.2 Å². The number of methoxy groups -OCH3 is 1. The van der Waals surface area contributed by atoms with Gasteiger partial charge in [-0.05, 0) is 18.2 Å². The maximum Gasteiger partial charge on any atom is 0.416 e. The van der Waals surface area contributed by atoms with E-state index in [-0.39, 0.29) is 17.0 Å². The number of nitrogens with zero attached hydrogens (tertiary/aromatic N) is 2. The van der Waals surface area contributed by atoms with Gasteiger partial charge in [0.1, 0.15) is 11.4 Å². The Kier molecular flexibility index (Phi) is 3.74. The van der Waals surface area contributed by atoms with E-state index in [1.807, 2.05) is 0 Å². The number of halogens is 3. The molecular weight excluding hydrogens is 305 g/mol. The summed E-state index contributed by atoms with van der Waals surface area (Å²) in [6.45, 7) is 0. The van der Waals surface area contributed by atoms with E-state index in [1.165, 1.54) is 20.2 Å². The zero-order valence-electron chi connectivity index (χ0n) is 11.5. The van der Waals surface area contributed by atoms with Crippen LogP contribution in [-0.4, -0.2) is 33.1 Å². The Hall–Kier alpha value is -2.71. The lowest BCUT2D eigenvalue weighted by molar-refractivity contribution is -0.137. The van der Waals surface area contributed by atoms with Gasteiger partial charge < -0.3 is 14.9 Å². The molecule has 6 nitrogen and oxygen atoms in total. The molecule has 0 fully saturated rings. The van der Waals surface area contributed by atoms with Crippen LogP contribution in [0.25, 0.3) is 11.3 Å². The van der Waals surface area contributed by atoms with Crippen molar-refractivity contribution in [1.82, 2.24) is 9.78 Å². The van der Waals surface area contributed by atoms with Crippen molar-refractivity contribution in [2.45, 2.75) is 6.18 Å². The molecule has 2 N–H and O–H groups in total. The minimum Gasteiger partial charge on any atom is -0.504 e. The van der Waals surface area contributed by atoms with Crippen molar-refractivity contribution in [3.05, 3.63) is 29.5 Å². The molecule has 1 aromatic heterocycles. The van der Waals surface area contributed by atoms with Crippen molar-refractivity contribution in [2.24, 2.45) is 7.05 Å². The number of aromatic carboxylic acids is 1. The third-order valence-corrected chi connectivity index (χ3v) is 2.97. The average Bonchev–Trinajstić information content (AvgIpc) is 2.72. The van der Waals surface area contributed by atoms with Gasteiger partial charge in [0.25, 0.3) is 0 Å². The highest BCUT2D eigenvalue weighted by molar-refractivity contribution is 5.92. The summed E-state index contributed by atoms with van der Waals surface area (Å²) in [6.07, 6.45) is -4.62. The molecular formula is C13H11F3N2O4. The van der Waals surface area contributed by atoms with Gasteiger partial charge in [-0.2, -0.15) is 18.3 Å². The minimum atomic E-state index is -4.62. The summed E-state index contributed by atoms with van der Waals surface area (Å²) in [4.78, 5) is 11.0. The molecule has 0 amide bonds. The molecule has 118 valence electrons. The summed E-state index contributed by atoms with van der Waals surface area (Å²) < 4.78 is 44.3. The quantitative estimate of drug-likeness (QED) is 0.909. The first-order chi connectivity index (χ1) is 10.1. The Balaban J connectivity index is 2.68. The molecule has 0 aliphatic carbocycles. The fraction of sp³-hybridized carbons (Fsp3) is 0.231. The second-order valence-electron chi connectivity index (χ2n) is 4.42. The predicted molar refractivity (Wildman–Crippen MR) is 68.8 cm³/mol. The Morgan fingerprint density at radius 1 is 1.32 bits per heavy atom. The summed E-state index contributed by atoms with van der Waals surface area (Å²) in [5.41, 5.74) is -1.90. The van der Waals surface area contributed by atoms with Gasteiger partial charge in [-0.25, -0.2) is 4.79 Å². The molecule has 0 bridgehead atoms. The number of aryl methyl sites for hydroxylation is 1. The van der Waals surface area contributed by atoms with Crippen LogP contribution in [0.2, 0.25) is 0 Å². The van der Waals surface area contributed by atoms with E-state index >= 15 is 0 Å². The van der Waals surface area contributed by atoms with E-state index in [4.69, 9.17) is 9.84 Å². The second-order valence-corrected chi connectivity index (χ2v) is 4.42. The van der Waals surface area contributed by atoms with Gasteiger partial charge >= 0.3 is 12.1 Å². The van der Waals surface area contributed by atoms with E-state index in [0.717, 1.165) is 16.8 Å². The third-order valence-electron chi connectivity index (χ3n) is 2.97. The number of hydrogen-bond acceptors (Lipinski definition) is 4. The van der Waals surface area contributed by atoms with Crippen LogP contribution in [0.4, 0.5) is 13.2 Å². The van der Waals surface area contributed by atoms with Gasteiger partial charge in [-0.1, -0.05) is 0 Å². The Morgan fingerprint density at radius 2 is 1.95 bits per heavy atom. The van der Waals surface area contributed by atoms with Crippen molar-refractivity contribution in [3.8, 4) is 22.8 Å². The van der Waals surface area contributed by atoms with Gasteiger partial charge in [0.2, 0.25) is 0 Å². The average molecular weight is 316 g/mol. The molecule has 1 aromatic carbocycles. The first kappa shape index (κ1) is 15.7. The molecule has 0 aliphatic heterocycles. The van der Waals surface area contributed by atoms with Crippen molar-refractivity contribution in [3.63, 3.8) is 0 Å². The second kappa shape index (κ2) is 5.24. The van der Waals surface area contributed by atoms with E-state index < -0.39 is 29.2 Å². The third kappa shape index (κ3) is 2.69. The molecule has 0 aliphatic rings. The van der Waals surface area contributed by atoms with Crippen LogP contribution in [0.1, 0.15) is 16.1 Å². The highest BCUT2D eigenvalue weighted by Gasteiger charge is 2.32. The number of carboxylic acids is 1. The topological polar surface area (TPSA) is 84.6 Å². The summed E-state index contributed by atoms with van der Waals surface area (Å²) in [5, 5.41) is 22.6. The van der Waals surface area contributed by atoms with Crippen molar-refractivity contribution in [1.29, 1.82) is 0 Å². The van der Waals surface area contributed by atoms with Crippen LogP contribution >= 0.6 is 0 Å². The largest absolute Gasteiger partial charge is 0.504 e. The molecule has 9 heteroatoms. The minimum absolute atomic E-state index is 0.0910. The Morgan fingerprint density at radius 3 is 2.41 bits per heavy atom. The predicted octanol–water partition coefficient (Wildman–Crippen LogP) is 2.52. The summed E-state index contributed by atoms with van der Waals surface area (Å²) in [7, 11) is 2.46. The number of aromatic hydroxyl groups is 1. The van der Waals surface area contributed by atoms with Crippen molar-refractivity contribution >= 4 is 5.97 Å². The first-order valence-electron chi connectivity index (χ1n) is 5.91. The monoisotopic (exact) mass is 316 g/mol. The number of carboxylic acid groups (broad SMARTS) is 1. The normalized spacial score (nSPS) is 11.5. The molecule has 0 saturated carbocycles. The smallest absolute Gasteiger partial charge is 0.416 e. The molecule has 22 heavy (non-hydrogen) atoms. The molecule has 1 heterocycles. The van der Waals surface area contributed by atoms with Crippen molar-refractivity contribution in [2.75, 3.05) is 7.11 Å². The number of rotatable bonds is 3. The fourth-order valence-electron chi connectivity index (χ4n) is 1.96. The van der Waals surface area contributed by atoms with Gasteiger partial charge in [-0.3, -0.25) is 4.68 Å². The number of aromatic nitrogens is 2. The number of benzene rings is 1. The molecule has 2 aromatic rings. The summed E-state index contributed by atoms with van der Waals surface area (Å²) in [6, 6.07) is 2.78. The van der Waals surface area contributed by atoms with Gasteiger partial charge in [-0.15, -0.1) is 0 Å². The lowest BCUT2D eigenvalue weighted by atomic mass is 10.1. The molecule has 0 spiro atoms. The Labute approximate surface area is 122 Å². The summed E-state index contributed by atoms with van der Waals surface area (Å²) >= 11 is 0. The van der Waals surface area contributed by atoms with Crippen LogP contribution in [0, 0.1) is 0 Å². The van der Waals surface area contributed by atoms with Crippen LogP contribution in [-0.2, 0) is 13.2 Å². The van der Waals surface area contributed by atoms with Gasteiger partial charge in [0, 0.05) is 12.6 Å². The van der Waals surface area contributed by atoms with E-state index in [2.05, 4.69) is 5.10 Å². The molecule has 0 unspecified atom stereocenters. The van der Waals surface area contributed by atoms with Crippen LogP contribution < -0.4 is 4.74 Å². The number of ether oxygens (including phenoxy) is 1. The van der Waals surface area contributed by atoms with Gasteiger partial charge in [0.05, 0.1) is 12.7 Å². The SMILES string of the molecule is COc1cc(-c2nn(C)c(C(=O)O)c2O)cc(C(F)(F)F)c1. The zero-order valence-corrected chi connectivity index (χ0v) is 11.5. The van der Waals surface area contributed by atoms with Crippen molar-refractivity contribution < 1.29 is 32.9 Å². The number of carbonyl (C=O) groups is 1. The summed E-state index contributed by atoms with van der Waals surface area (Å²) in [5.74, 6) is -2.25. The Bertz CT molecular complexity index is 738. The maximum atomic E-state index is 12.9. The van der Waals surface area contributed by atoms with E-state index in [9.17, 15) is 23.1 Å². The molecule has 0 saturated heterocycles. The van der Waals surface area contributed by atoms with Gasteiger partial charge in [0.15, 0.2) is 11.4 Å². The first-order valence-corrected chi connectivity index (χ1v) is 5.91. The van der Waals surface area contributed by atoms with Crippen LogP contribution in [0.5, 0.6) is 11.5 Å². The zero-order chi connectivity index (χ0) is 16.7. The molecule has 0 radical (unpaired) electrons. The standard InChI is InChI=1S/C13H11F3N2O4/c1-18-10(12(20)21)11(19)9(17-18)6-3-7(13(14,15)16)5-8(4-6)22-2/h3-5,19H,1-2H3,(H,20,21). The van der Waals surface area contributed by atoms with E-state index in [1.54, 1.807) is 0 Å². The van der Waals surface area contributed by atoms with Crippen LogP contribution in [0.3, 0.4) is 0 Å². The number of alkyl halides is 3. The highest BCUT2D eigenvalue weighted by atomic mass is 19.4.